The van der Waals surface area contributed by atoms with Crippen LogP contribution in [0.3, 0.4) is 0 Å². The molecule has 0 atom stereocenters. The summed E-state index contributed by atoms with van der Waals surface area (Å²) in [5, 5.41) is 0. The van der Waals surface area contributed by atoms with Crippen LogP contribution in [0.15, 0.2) is 36.4 Å². The highest BCUT2D eigenvalue weighted by Crippen LogP contribution is 2.30. The monoisotopic (exact) mass is 216 g/mol. The van der Waals surface area contributed by atoms with E-state index in [1.165, 1.54) is 6.08 Å². The lowest BCUT2D eigenvalue weighted by atomic mass is 10.2. The first kappa shape index (κ1) is 10.5. The maximum atomic E-state index is 10.1. The fourth-order valence-electron chi connectivity index (χ4n) is 1.44. The summed E-state index contributed by atoms with van der Waals surface area (Å²) < 4.78 is 10.9. The van der Waals surface area contributed by atoms with E-state index >= 15 is 0 Å². The zero-order chi connectivity index (χ0) is 11.2. The standard InChI is InChI=1S/C13H12O3/c14-7-3-1-2-4-11-5-6-12-13(10-11)16-9-8-15-12/h1-7,10H,8-9H2/b3-1+,4-2+. The number of allylic oxidation sites excluding steroid dienone is 3. The Labute approximate surface area is 94.0 Å². The lowest BCUT2D eigenvalue weighted by Crippen LogP contribution is -2.15. The van der Waals surface area contributed by atoms with E-state index < -0.39 is 0 Å². The van der Waals surface area contributed by atoms with Crippen LogP contribution in [0.5, 0.6) is 11.5 Å². The largest absolute Gasteiger partial charge is 0.486 e. The van der Waals surface area contributed by atoms with Gasteiger partial charge < -0.3 is 9.47 Å². The summed E-state index contributed by atoms with van der Waals surface area (Å²) in [6.45, 7) is 1.19. The van der Waals surface area contributed by atoms with E-state index in [4.69, 9.17) is 9.47 Å². The molecule has 1 aromatic carbocycles. The summed E-state index contributed by atoms with van der Waals surface area (Å²) in [5.41, 5.74) is 1.01. The van der Waals surface area contributed by atoms with Gasteiger partial charge in [0, 0.05) is 0 Å². The zero-order valence-electron chi connectivity index (χ0n) is 8.76. The van der Waals surface area contributed by atoms with E-state index in [2.05, 4.69) is 0 Å². The van der Waals surface area contributed by atoms with Crippen LogP contribution in [-0.2, 0) is 4.79 Å². The lowest BCUT2D eigenvalue weighted by molar-refractivity contribution is -0.104. The number of hydrogen-bond acceptors (Lipinski definition) is 3. The zero-order valence-corrected chi connectivity index (χ0v) is 8.76. The van der Waals surface area contributed by atoms with Gasteiger partial charge >= 0.3 is 0 Å². The molecule has 1 aliphatic heterocycles. The van der Waals surface area contributed by atoms with Gasteiger partial charge in [0.15, 0.2) is 11.5 Å². The Morgan fingerprint density at radius 1 is 1.00 bits per heavy atom. The number of hydrogen-bond donors (Lipinski definition) is 0. The van der Waals surface area contributed by atoms with Gasteiger partial charge in [-0.1, -0.05) is 24.3 Å². The molecule has 0 saturated heterocycles. The summed E-state index contributed by atoms with van der Waals surface area (Å²) in [5.74, 6) is 1.56. The van der Waals surface area contributed by atoms with Crippen LogP contribution < -0.4 is 9.47 Å². The third kappa shape index (κ3) is 2.51. The van der Waals surface area contributed by atoms with Crippen LogP contribution in [0, 0.1) is 0 Å². The van der Waals surface area contributed by atoms with Crippen molar-refractivity contribution in [3.63, 3.8) is 0 Å². The van der Waals surface area contributed by atoms with E-state index in [-0.39, 0.29) is 0 Å². The maximum absolute atomic E-state index is 10.1. The molecule has 0 unspecified atom stereocenters. The molecule has 0 amide bonds. The smallest absolute Gasteiger partial charge is 0.161 e. The van der Waals surface area contributed by atoms with Crippen molar-refractivity contribution in [2.24, 2.45) is 0 Å². The first-order valence-corrected chi connectivity index (χ1v) is 5.08. The molecule has 0 radical (unpaired) electrons. The van der Waals surface area contributed by atoms with Crippen LogP contribution in [0.25, 0.3) is 6.08 Å². The molecule has 1 heterocycles. The van der Waals surface area contributed by atoms with Gasteiger partial charge in [-0.05, 0) is 23.8 Å². The summed E-state index contributed by atoms with van der Waals surface area (Å²) in [4.78, 5) is 10.1. The minimum Gasteiger partial charge on any atom is -0.486 e. The highest BCUT2D eigenvalue weighted by molar-refractivity contribution is 5.66. The predicted molar refractivity (Wildman–Crippen MR) is 61.7 cm³/mol. The second kappa shape index (κ2) is 5.16. The Balaban J connectivity index is 2.14. The molecule has 0 spiro atoms. The van der Waals surface area contributed by atoms with E-state index in [1.54, 1.807) is 12.2 Å². The van der Waals surface area contributed by atoms with E-state index in [0.717, 1.165) is 23.3 Å². The van der Waals surface area contributed by atoms with Crippen LogP contribution in [0.4, 0.5) is 0 Å². The molecule has 82 valence electrons. The van der Waals surface area contributed by atoms with Crippen molar-refractivity contribution < 1.29 is 14.3 Å². The molecule has 0 N–H and O–H groups in total. The number of rotatable bonds is 3. The Morgan fingerprint density at radius 2 is 1.81 bits per heavy atom. The second-order valence-electron chi connectivity index (χ2n) is 3.28. The first-order chi connectivity index (χ1) is 7.90. The van der Waals surface area contributed by atoms with Gasteiger partial charge in [-0.15, -0.1) is 0 Å². The molecular formula is C13H12O3. The average Bonchev–Trinajstić information content (AvgIpc) is 2.34. The Kier molecular flexibility index (Phi) is 3.38. The maximum Gasteiger partial charge on any atom is 0.161 e. The molecule has 2 rings (SSSR count). The molecule has 0 saturated carbocycles. The van der Waals surface area contributed by atoms with Crippen LogP contribution in [0.1, 0.15) is 5.56 Å². The van der Waals surface area contributed by atoms with Gasteiger partial charge in [0.2, 0.25) is 0 Å². The van der Waals surface area contributed by atoms with E-state index in [1.807, 2.05) is 24.3 Å². The Bertz CT molecular complexity index is 433. The van der Waals surface area contributed by atoms with Gasteiger partial charge in [0.1, 0.15) is 19.5 Å². The molecular weight excluding hydrogens is 204 g/mol. The summed E-state index contributed by atoms with van der Waals surface area (Å²) in [6.07, 6.45) is 7.57. The minimum atomic E-state index is 0.589. The topological polar surface area (TPSA) is 35.5 Å². The van der Waals surface area contributed by atoms with Gasteiger partial charge in [-0.25, -0.2) is 0 Å². The van der Waals surface area contributed by atoms with Crippen LogP contribution >= 0.6 is 0 Å². The number of aldehydes is 1. The van der Waals surface area contributed by atoms with E-state index in [9.17, 15) is 4.79 Å². The molecule has 0 aliphatic carbocycles. The molecule has 3 nitrogen and oxygen atoms in total. The summed E-state index contributed by atoms with van der Waals surface area (Å²) in [6, 6.07) is 5.75. The molecule has 3 heteroatoms. The normalized spacial score (nSPS) is 14.5. The van der Waals surface area contributed by atoms with Crippen molar-refractivity contribution in [3.05, 3.63) is 42.0 Å². The molecule has 1 aliphatic rings. The third-order valence-corrected chi connectivity index (χ3v) is 2.16. The second-order valence-corrected chi connectivity index (χ2v) is 3.28. The van der Waals surface area contributed by atoms with Crippen molar-refractivity contribution in [3.8, 4) is 11.5 Å². The Hall–Kier alpha value is -2.03. The lowest BCUT2D eigenvalue weighted by Gasteiger charge is -2.18. The molecule has 16 heavy (non-hydrogen) atoms. The Morgan fingerprint density at radius 3 is 2.62 bits per heavy atom. The van der Waals surface area contributed by atoms with Gasteiger partial charge in [0.05, 0.1) is 0 Å². The predicted octanol–water partition coefficient (Wildman–Crippen LogP) is 2.23. The quantitative estimate of drug-likeness (QED) is 0.441. The molecule has 1 aromatic rings. The number of carbonyl (C=O) groups is 1. The summed E-state index contributed by atoms with van der Waals surface area (Å²) in [7, 11) is 0. The summed E-state index contributed by atoms with van der Waals surface area (Å²) >= 11 is 0. The van der Waals surface area contributed by atoms with E-state index in [0.29, 0.717) is 13.2 Å². The first-order valence-electron chi connectivity index (χ1n) is 5.08. The van der Waals surface area contributed by atoms with Gasteiger partial charge in [0.25, 0.3) is 0 Å². The molecule has 0 fully saturated rings. The average molecular weight is 216 g/mol. The number of carbonyl (C=O) groups excluding carboxylic acids is 1. The highest BCUT2D eigenvalue weighted by Gasteiger charge is 2.10. The molecule has 0 aromatic heterocycles. The minimum absolute atomic E-state index is 0.589. The van der Waals surface area contributed by atoms with Crippen molar-refractivity contribution in [1.82, 2.24) is 0 Å². The number of fused-ring (bicyclic) bond motifs is 1. The van der Waals surface area contributed by atoms with Crippen molar-refractivity contribution in [2.75, 3.05) is 13.2 Å². The van der Waals surface area contributed by atoms with Crippen molar-refractivity contribution >= 4 is 12.4 Å². The van der Waals surface area contributed by atoms with Crippen LogP contribution in [-0.4, -0.2) is 19.5 Å². The number of benzene rings is 1. The van der Waals surface area contributed by atoms with Crippen LogP contribution in [0.2, 0.25) is 0 Å². The van der Waals surface area contributed by atoms with Gasteiger partial charge in [-0.2, -0.15) is 0 Å². The SMILES string of the molecule is O=C/C=C/C=C/c1ccc2c(c1)OCCO2. The fourth-order valence-corrected chi connectivity index (χ4v) is 1.44. The fraction of sp³-hybridized carbons (Fsp3) is 0.154. The molecule has 0 bridgehead atoms. The third-order valence-electron chi connectivity index (χ3n) is 2.16. The van der Waals surface area contributed by atoms with Crippen molar-refractivity contribution in [1.29, 1.82) is 0 Å². The van der Waals surface area contributed by atoms with Gasteiger partial charge in [-0.3, -0.25) is 4.79 Å². The highest BCUT2D eigenvalue weighted by atomic mass is 16.6. The number of ether oxygens (including phenoxy) is 2. The van der Waals surface area contributed by atoms with Crippen molar-refractivity contribution in [2.45, 2.75) is 0 Å².